The molecular weight excluding hydrogens is 254 g/mol. The first-order valence-corrected chi connectivity index (χ1v) is 7.32. The molecule has 2 aliphatic rings. The molecule has 1 N–H and O–H groups in total. The van der Waals surface area contributed by atoms with Crippen LogP contribution in [0.1, 0.15) is 13.3 Å². The molecule has 0 atom stereocenters. The van der Waals surface area contributed by atoms with Gasteiger partial charge < -0.3 is 19.9 Å². The molecule has 2 aliphatic heterocycles. The van der Waals surface area contributed by atoms with E-state index in [1.807, 2.05) is 11.0 Å². The van der Waals surface area contributed by atoms with Gasteiger partial charge in [0.1, 0.15) is 5.75 Å². The van der Waals surface area contributed by atoms with Crippen LogP contribution in [0, 0.1) is 0 Å². The lowest BCUT2D eigenvalue weighted by molar-refractivity contribution is -0.121. The number of rotatable bonds is 3. The number of fused-ring (bicyclic) bond motifs is 1. The van der Waals surface area contributed by atoms with Crippen molar-refractivity contribution in [2.24, 2.45) is 0 Å². The van der Waals surface area contributed by atoms with Crippen LogP contribution in [-0.4, -0.2) is 45.2 Å². The Morgan fingerprint density at radius 2 is 2.10 bits per heavy atom. The minimum atomic E-state index is 0.0503. The highest BCUT2D eigenvalue weighted by atomic mass is 16.5. The van der Waals surface area contributed by atoms with Crippen LogP contribution in [-0.2, 0) is 4.79 Å². The Bertz CT molecular complexity index is 498. The minimum absolute atomic E-state index is 0.0503. The molecule has 0 aliphatic carbocycles. The van der Waals surface area contributed by atoms with Crippen LogP contribution in [0.3, 0.4) is 0 Å². The highest BCUT2D eigenvalue weighted by Crippen LogP contribution is 2.35. The number of carbonyl (C=O) groups excluding carboxylic acids is 1. The van der Waals surface area contributed by atoms with E-state index in [1.54, 1.807) is 0 Å². The van der Waals surface area contributed by atoms with Crippen LogP contribution in [0.4, 0.5) is 11.4 Å². The lowest BCUT2D eigenvalue weighted by atomic mass is 10.1. The van der Waals surface area contributed by atoms with E-state index in [1.165, 1.54) is 5.69 Å². The number of hydrogen-bond acceptors (Lipinski definition) is 4. The third kappa shape index (κ3) is 2.45. The predicted molar refractivity (Wildman–Crippen MR) is 79.7 cm³/mol. The van der Waals surface area contributed by atoms with Crippen molar-refractivity contribution in [3.8, 4) is 5.75 Å². The number of carbonyl (C=O) groups is 1. The van der Waals surface area contributed by atoms with Gasteiger partial charge in [0.05, 0.1) is 5.69 Å². The summed E-state index contributed by atoms with van der Waals surface area (Å²) in [5.74, 6) is 0.878. The van der Waals surface area contributed by atoms with Gasteiger partial charge in [-0.1, -0.05) is 6.92 Å². The van der Waals surface area contributed by atoms with Gasteiger partial charge in [-0.05, 0) is 18.6 Å². The molecule has 0 bridgehead atoms. The van der Waals surface area contributed by atoms with E-state index in [4.69, 9.17) is 4.74 Å². The number of ether oxygens (including phenoxy) is 1. The first-order valence-electron chi connectivity index (χ1n) is 7.32. The van der Waals surface area contributed by atoms with Gasteiger partial charge in [-0.3, -0.25) is 4.79 Å². The van der Waals surface area contributed by atoms with Crippen LogP contribution in [0.2, 0.25) is 0 Å². The fourth-order valence-electron chi connectivity index (χ4n) is 2.78. The Morgan fingerprint density at radius 1 is 1.30 bits per heavy atom. The predicted octanol–water partition coefficient (Wildman–Crippen LogP) is 1.23. The number of amides is 1. The standard InChI is InChI=1S/C15H21N3O2/c1-2-7-18-13-4-3-12(17-8-5-16-6-9-17)10-14(13)20-11-15(18)19/h3-4,10,16H,2,5-9,11H2,1H3. The van der Waals surface area contributed by atoms with Crippen LogP contribution < -0.4 is 19.9 Å². The lowest BCUT2D eigenvalue weighted by Crippen LogP contribution is -2.43. The van der Waals surface area contributed by atoms with Gasteiger partial charge >= 0.3 is 0 Å². The molecule has 20 heavy (non-hydrogen) atoms. The summed E-state index contributed by atoms with van der Waals surface area (Å²) in [6.07, 6.45) is 0.949. The number of nitrogens with zero attached hydrogens (tertiary/aromatic N) is 2. The number of piperazine rings is 1. The van der Waals surface area contributed by atoms with E-state index in [-0.39, 0.29) is 12.5 Å². The van der Waals surface area contributed by atoms with Crippen LogP contribution in [0.15, 0.2) is 18.2 Å². The van der Waals surface area contributed by atoms with Gasteiger partial charge in [0.2, 0.25) is 0 Å². The van der Waals surface area contributed by atoms with Crippen molar-refractivity contribution in [3.63, 3.8) is 0 Å². The monoisotopic (exact) mass is 275 g/mol. The van der Waals surface area contributed by atoms with E-state index >= 15 is 0 Å². The van der Waals surface area contributed by atoms with E-state index in [0.29, 0.717) is 0 Å². The second-order valence-electron chi connectivity index (χ2n) is 5.22. The smallest absolute Gasteiger partial charge is 0.265 e. The van der Waals surface area contributed by atoms with E-state index in [2.05, 4.69) is 29.3 Å². The molecule has 3 rings (SSSR count). The van der Waals surface area contributed by atoms with Crippen molar-refractivity contribution in [1.29, 1.82) is 0 Å². The maximum absolute atomic E-state index is 11.9. The zero-order valence-electron chi connectivity index (χ0n) is 11.9. The summed E-state index contributed by atoms with van der Waals surface area (Å²) in [4.78, 5) is 16.1. The summed E-state index contributed by atoms with van der Waals surface area (Å²) in [5.41, 5.74) is 2.08. The summed E-state index contributed by atoms with van der Waals surface area (Å²) in [6, 6.07) is 6.17. The second-order valence-corrected chi connectivity index (χ2v) is 5.22. The Kier molecular flexibility index (Phi) is 3.78. The van der Waals surface area contributed by atoms with Crippen LogP contribution in [0.25, 0.3) is 0 Å². The topological polar surface area (TPSA) is 44.8 Å². The summed E-state index contributed by atoms with van der Waals surface area (Å²) >= 11 is 0. The fraction of sp³-hybridized carbons (Fsp3) is 0.533. The molecular formula is C15H21N3O2. The summed E-state index contributed by atoms with van der Waals surface area (Å²) in [7, 11) is 0. The van der Waals surface area contributed by atoms with Crippen molar-refractivity contribution >= 4 is 17.3 Å². The normalized spacial score (nSPS) is 18.8. The SMILES string of the molecule is CCCN1C(=O)COc2cc(N3CCNCC3)ccc21. The summed E-state index contributed by atoms with van der Waals surface area (Å²) in [5, 5.41) is 3.35. The van der Waals surface area contributed by atoms with Crippen molar-refractivity contribution in [2.45, 2.75) is 13.3 Å². The Labute approximate surface area is 119 Å². The Hall–Kier alpha value is -1.75. The number of anilines is 2. The molecule has 5 heteroatoms. The van der Waals surface area contributed by atoms with Gasteiger partial charge in [0, 0.05) is 44.5 Å². The molecule has 1 saturated heterocycles. The average molecular weight is 275 g/mol. The molecule has 2 heterocycles. The summed E-state index contributed by atoms with van der Waals surface area (Å²) < 4.78 is 5.61. The Balaban J connectivity index is 1.86. The fourth-order valence-corrected chi connectivity index (χ4v) is 2.78. The van der Waals surface area contributed by atoms with Crippen molar-refractivity contribution in [2.75, 3.05) is 49.1 Å². The maximum atomic E-state index is 11.9. The highest BCUT2D eigenvalue weighted by molar-refractivity contribution is 5.98. The molecule has 0 radical (unpaired) electrons. The molecule has 0 saturated carbocycles. The minimum Gasteiger partial charge on any atom is -0.481 e. The largest absolute Gasteiger partial charge is 0.481 e. The number of hydrogen-bond donors (Lipinski definition) is 1. The van der Waals surface area contributed by atoms with Crippen LogP contribution in [0.5, 0.6) is 5.75 Å². The Morgan fingerprint density at radius 3 is 2.85 bits per heavy atom. The van der Waals surface area contributed by atoms with Gasteiger partial charge in [0.15, 0.2) is 6.61 Å². The molecule has 1 fully saturated rings. The van der Waals surface area contributed by atoms with Gasteiger partial charge in [0.25, 0.3) is 5.91 Å². The molecule has 1 aromatic rings. The average Bonchev–Trinajstić information content (AvgIpc) is 2.51. The van der Waals surface area contributed by atoms with E-state index in [0.717, 1.165) is 50.6 Å². The zero-order valence-corrected chi connectivity index (χ0v) is 11.9. The first kappa shape index (κ1) is 13.2. The molecule has 0 spiro atoms. The zero-order chi connectivity index (χ0) is 13.9. The number of benzene rings is 1. The molecule has 0 aromatic heterocycles. The third-order valence-corrected chi connectivity index (χ3v) is 3.82. The van der Waals surface area contributed by atoms with Crippen LogP contribution >= 0.6 is 0 Å². The first-order chi connectivity index (χ1) is 9.79. The van der Waals surface area contributed by atoms with Gasteiger partial charge in [-0.15, -0.1) is 0 Å². The maximum Gasteiger partial charge on any atom is 0.265 e. The van der Waals surface area contributed by atoms with Gasteiger partial charge in [-0.25, -0.2) is 0 Å². The van der Waals surface area contributed by atoms with E-state index in [9.17, 15) is 4.79 Å². The van der Waals surface area contributed by atoms with Crippen molar-refractivity contribution in [3.05, 3.63) is 18.2 Å². The molecule has 108 valence electrons. The van der Waals surface area contributed by atoms with Crippen molar-refractivity contribution < 1.29 is 9.53 Å². The molecule has 5 nitrogen and oxygen atoms in total. The second kappa shape index (κ2) is 5.71. The van der Waals surface area contributed by atoms with Crippen molar-refractivity contribution in [1.82, 2.24) is 5.32 Å². The molecule has 0 unspecified atom stereocenters. The van der Waals surface area contributed by atoms with E-state index < -0.39 is 0 Å². The molecule has 1 aromatic carbocycles. The quantitative estimate of drug-likeness (QED) is 0.901. The molecule has 1 amide bonds. The lowest BCUT2D eigenvalue weighted by Gasteiger charge is -2.33. The van der Waals surface area contributed by atoms with Gasteiger partial charge in [-0.2, -0.15) is 0 Å². The third-order valence-electron chi connectivity index (χ3n) is 3.82. The number of nitrogens with one attached hydrogen (secondary N) is 1. The summed E-state index contributed by atoms with van der Waals surface area (Å²) in [6.45, 7) is 7.03. The highest BCUT2D eigenvalue weighted by Gasteiger charge is 2.25.